The van der Waals surface area contributed by atoms with E-state index < -0.39 is 49.5 Å². The van der Waals surface area contributed by atoms with E-state index in [-0.39, 0.29) is 17.1 Å². The zero-order chi connectivity index (χ0) is 24.7. The highest BCUT2D eigenvalue weighted by atomic mass is 32.4. The first-order valence-corrected chi connectivity index (χ1v) is 12.3. The number of fused-ring (bicyclic) bond motifs is 1. The molecule has 4 N–H and O–H groups in total. The van der Waals surface area contributed by atoms with E-state index in [4.69, 9.17) is 26.8 Å². The molecular formula is C17H26F2N7O5PS. The lowest BCUT2D eigenvalue weighted by molar-refractivity contribution is -0.201. The Morgan fingerprint density at radius 2 is 2.18 bits per heavy atom. The van der Waals surface area contributed by atoms with Crippen LogP contribution in [-0.4, -0.2) is 82.1 Å². The number of aliphatic hydroxyl groups excluding tert-OH is 1. The van der Waals surface area contributed by atoms with Crippen LogP contribution in [0, 0.1) is 0 Å². The van der Waals surface area contributed by atoms with Crippen molar-refractivity contribution in [2.45, 2.75) is 43.7 Å². The summed E-state index contributed by atoms with van der Waals surface area (Å²) in [4.78, 5) is 25.5. The van der Waals surface area contributed by atoms with Gasteiger partial charge in [-0.05, 0) is 13.8 Å². The van der Waals surface area contributed by atoms with E-state index in [0.717, 1.165) is 11.5 Å². The van der Waals surface area contributed by atoms with Crippen molar-refractivity contribution in [3.05, 3.63) is 6.33 Å². The Morgan fingerprint density at radius 1 is 1.52 bits per heavy atom. The van der Waals surface area contributed by atoms with Crippen molar-refractivity contribution in [2.24, 2.45) is 0 Å². The standard InChI is InChI=1S/C17H26F2N7O5PS/c1-8(12(27)29-5)24-32(33)30-6-17(19)13(28)16(2,18)14(31-17)26-7-21-9-10(25(3)4)22-15(20)23-11(9)26/h7-8,13-14,28,32H,6H2,1-5H3,(H,24,33)(H2,20,22,23)/t8-,13+,14-,16-,17-/m1/s1. The molecule has 12 nitrogen and oxygen atoms in total. The summed E-state index contributed by atoms with van der Waals surface area (Å²) in [5, 5.41) is 13.1. The zero-order valence-corrected chi connectivity index (χ0v) is 20.4. The summed E-state index contributed by atoms with van der Waals surface area (Å²) in [6.07, 6.45) is -2.68. The van der Waals surface area contributed by atoms with Crippen LogP contribution in [0.3, 0.4) is 0 Å². The Morgan fingerprint density at radius 3 is 2.79 bits per heavy atom. The van der Waals surface area contributed by atoms with Gasteiger partial charge >= 0.3 is 5.97 Å². The number of esters is 1. The maximum absolute atomic E-state index is 15.6. The lowest BCUT2D eigenvalue weighted by Crippen LogP contribution is -2.46. The summed E-state index contributed by atoms with van der Waals surface area (Å²) in [6, 6.07) is -0.793. The molecule has 2 aromatic rings. The maximum atomic E-state index is 15.6. The van der Waals surface area contributed by atoms with Crippen molar-refractivity contribution in [1.82, 2.24) is 24.6 Å². The number of alkyl halides is 2. The van der Waals surface area contributed by atoms with Crippen molar-refractivity contribution in [2.75, 3.05) is 38.4 Å². The number of hydrogen-bond donors (Lipinski definition) is 3. The molecular weight excluding hydrogens is 483 g/mol. The third-order valence-electron chi connectivity index (χ3n) is 5.12. The van der Waals surface area contributed by atoms with Crippen LogP contribution in [0.15, 0.2) is 6.33 Å². The van der Waals surface area contributed by atoms with Crippen molar-refractivity contribution in [1.29, 1.82) is 0 Å². The molecule has 0 radical (unpaired) electrons. The fourth-order valence-corrected chi connectivity index (χ4v) is 4.97. The number of imidazole rings is 1. The molecule has 1 aliphatic heterocycles. The Bertz CT molecular complexity index is 1070. The number of nitrogens with two attached hydrogens (primary N) is 1. The van der Waals surface area contributed by atoms with Gasteiger partial charge < -0.3 is 29.7 Å². The molecule has 1 saturated heterocycles. The van der Waals surface area contributed by atoms with Gasteiger partial charge in [0.2, 0.25) is 5.95 Å². The summed E-state index contributed by atoms with van der Waals surface area (Å²) < 4.78 is 47.5. The van der Waals surface area contributed by atoms with Gasteiger partial charge in [-0.3, -0.25) is 14.4 Å². The highest BCUT2D eigenvalue weighted by Crippen LogP contribution is 2.49. The second kappa shape index (κ2) is 9.31. The molecule has 1 unspecified atom stereocenters. The lowest BCUT2D eigenvalue weighted by Gasteiger charge is -2.25. The number of rotatable bonds is 8. The summed E-state index contributed by atoms with van der Waals surface area (Å²) >= 11 is 5.10. The normalized spacial score (nSPS) is 29.2. The number of halogens is 2. The predicted molar refractivity (Wildman–Crippen MR) is 120 cm³/mol. The number of carbonyl (C=O) groups is 1. The fourth-order valence-electron chi connectivity index (χ4n) is 3.38. The molecule has 0 amide bonds. The molecule has 0 saturated carbocycles. The molecule has 6 atom stereocenters. The van der Waals surface area contributed by atoms with Gasteiger partial charge in [-0.25, -0.2) is 13.8 Å². The second-order valence-corrected chi connectivity index (χ2v) is 10.2. The van der Waals surface area contributed by atoms with E-state index in [1.807, 2.05) is 0 Å². The zero-order valence-electron chi connectivity index (χ0n) is 18.6. The highest BCUT2D eigenvalue weighted by Gasteiger charge is 2.64. The number of nitrogens with one attached hydrogen (secondary N) is 1. The van der Waals surface area contributed by atoms with Crippen LogP contribution in [0.25, 0.3) is 11.2 Å². The van der Waals surface area contributed by atoms with Crippen molar-refractivity contribution in [3.8, 4) is 0 Å². The monoisotopic (exact) mass is 509 g/mol. The van der Waals surface area contributed by atoms with Crippen LogP contribution in [-0.2, 0) is 30.6 Å². The number of carbonyl (C=O) groups excluding carboxylic acids is 1. The molecule has 1 aliphatic rings. The fraction of sp³-hybridized carbons (Fsp3) is 0.647. The van der Waals surface area contributed by atoms with Crippen LogP contribution in [0.2, 0.25) is 0 Å². The first-order valence-electron chi connectivity index (χ1n) is 9.74. The number of aliphatic hydroxyl groups is 1. The topological polar surface area (TPSA) is 150 Å². The minimum absolute atomic E-state index is 0.0963. The Balaban J connectivity index is 1.85. The van der Waals surface area contributed by atoms with E-state index in [1.54, 1.807) is 19.0 Å². The van der Waals surface area contributed by atoms with E-state index in [0.29, 0.717) is 5.82 Å². The van der Waals surface area contributed by atoms with Crippen LogP contribution in [0.1, 0.15) is 20.1 Å². The van der Waals surface area contributed by atoms with Gasteiger partial charge in [0.1, 0.15) is 19.7 Å². The molecule has 0 bridgehead atoms. The summed E-state index contributed by atoms with van der Waals surface area (Å²) in [5.74, 6) is -3.27. The maximum Gasteiger partial charge on any atom is 0.322 e. The van der Waals surface area contributed by atoms with Crippen LogP contribution >= 0.6 is 7.07 Å². The molecule has 3 heterocycles. The summed E-state index contributed by atoms with van der Waals surface area (Å²) in [7, 11) is 2.29. The number of nitrogen functional groups attached to an aromatic ring is 1. The molecule has 0 aromatic carbocycles. The summed E-state index contributed by atoms with van der Waals surface area (Å²) in [6.45, 7) is 1.60. The Kier molecular flexibility index (Phi) is 7.22. The molecule has 184 valence electrons. The van der Waals surface area contributed by atoms with Crippen molar-refractivity contribution in [3.63, 3.8) is 0 Å². The average molecular weight is 509 g/mol. The smallest absolute Gasteiger partial charge is 0.322 e. The molecule has 1 fully saturated rings. The molecule has 2 aromatic heterocycles. The minimum Gasteiger partial charge on any atom is -0.468 e. The molecule has 16 heteroatoms. The van der Waals surface area contributed by atoms with Gasteiger partial charge in [-0.1, -0.05) is 11.8 Å². The molecule has 33 heavy (non-hydrogen) atoms. The Labute approximate surface area is 194 Å². The van der Waals surface area contributed by atoms with Crippen LogP contribution in [0.5, 0.6) is 0 Å². The van der Waals surface area contributed by atoms with E-state index in [9.17, 15) is 9.90 Å². The quantitative estimate of drug-likeness (QED) is 0.335. The SMILES string of the molecule is COC(=O)[C@@H](C)N[PH](=S)OC[C@@]1(F)O[C@@H](n2cnc3c(N(C)C)nc(N)nc32)[C@](C)(F)[C@@H]1O. The average Bonchev–Trinajstić information content (AvgIpc) is 3.23. The molecule has 0 spiro atoms. The van der Waals surface area contributed by atoms with E-state index >= 15 is 8.78 Å². The van der Waals surface area contributed by atoms with Gasteiger partial charge in [0.25, 0.3) is 5.85 Å². The van der Waals surface area contributed by atoms with E-state index in [1.165, 1.54) is 20.4 Å². The largest absolute Gasteiger partial charge is 0.468 e. The number of aromatic nitrogens is 4. The van der Waals surface area contributed by atoms with Gasteiger partial charge in [0, 0.05) is 14.1 Å². The van der Waals surface area contributed by atoms with Crippen molar-refractivity contribution < 1.29 is 32.7 Å². The third kappa shape index (κ3) is 4.79. The number of methoxy groups -OCH3 is 1. The number of hydrogen-bond acceptors (Lipinski definition) is 11. The third-order valence-corrected chi connectivity index (χ3v) is 6.90. The second-order valence-electron chi connectivity index (χ2n) is 7.90. The van der Waals surface area contributed by atoms with Crippen LogP contribution in [0.4, 0.5) is 20.5 Å². The van der Waals surface area contributed by atoms with Crippen molar-refractivity contribution >= 4 is 47.8 Å². The molecule has 0 aliphatic carbocycles. The summed E-state index contributed by atoms with van der Waals surface area (Å²) in [5.41, 5.74) is 3.55. The highest BCUT2D eigenvalue weighted by molar-refractivity contribution is 8.02. The first kappa shape index (κ1) is 25.6. The number of anilines is 2. The van der Waals surface area contributed by atoms with Gasteiger partial charge in [0.15, 0.2) is 35.0 Å². The van der Waals surface area contributed by atoms with Crippen LogP contribution < -0.4 is 15.7 Å². The predicted octanol–water partition coefficient (Wildman–Crippen LogP) is 0.432. The van der Waals surface area contributed by atoms with Gasteiger partial charge in [-0.2, -0.15) is 9.97 Å². The minimum atomic E-state index is -2.95. The lowest BCUT2D eigenvalue weighted by atomic mass is 9.97. The molecule has 3 rings (SSSR count). The Hall–Kier alpha value is -2.03. The number of nitrogens with zero attached hydrogens (tertiary/aromatic N) is 5. The van der Waals surface area contributed by atoms with Gasteiger partial charge in [0.05, 0.1) is 13.4 Å². The number of ether oxygens (including phenoxy) is 2. The van der Waals surface area contributed by atoms with Gasteiger partial charge in [-0.15, -0.1) is 0 Å². The first-order chi connectivity index (χ1) is 15.3. The van der Waals surface area contributed by atoms with E-state index in [2.05, 4.69) is 24.8 Å².